The fraction of sp³-hybridized carbons (Fsp3) is 0.150. The fourth-order valence-corrected chi connectivity index (χ4v) is 4.34. The van der Waals surface area contributed by atoms with E-state index in [9.17, 15) is 18.0 Å². The molecule has 4 N–H and O–H groups in total. The van der Waals surface area contributed by atoms with Crippen molar-refractivity contribution < 1.29 is 22.7 Å². The topological polar surface area (TPSA) is 140 Å². The predicted molar refractivity (Wildman–Crippen MR) is 118 cm³/mol. The van der Waals surface area contributed by atoms with Crippen molar-refractivity contribution >= 4 is 44.0 Å². The van der Waals surface area contributed by atoms with Crippen molar-refractivity contribution in [1.82, 2.24) is 4.98 Å². The van der Waals surface area contributed by atoms with E-state index in [4.69, 9.17) is 10.5 Å². The second kappa shape index (κ2) is 9.58. The van der Waals surface area contributed by atoms with Gasteiger partial charge in [-0.05, 0) is 55.5 Å². The number of carbonyl (C=O) groups is 2. The Morgan fingerprint density at radius 2 is 1.77 bits per heavy atom. The zero-order valence-electron chi connectivity index (χ0n) is 16.5. The fourth-order valence-electron chi connectivity index (χ4n) is 2.58. The number of anilines is 2. The highest BCUT2D eigenvalue weighted by atomic mass is 32.2. The maximum absolute atomic E-state index is 12.5. The third-order valence-electron chi connectivity index (χ3n) is 3.97. The molecule has 0 aliphatic carbocycles. The second-order valence-electron chi connectivity index (χ2n) is 6.33. The van der Waals surface area contributed by atoms with Gasteiger partial charge in [0.15, 0.2) is 5.13 Å². The van der Waals surface area contributed by atoms with Gasteiger partial charge in [0.1, 0.15) is 5.75 Å². The normalized spacial score (nSPS) is 11.0. The van der Waals surface area contributed by atoms with Crippen LogP contribution in [0.3, 0.4) is 0 Å². The molecule has 0 bridgehead atoms. The summed E-state index contributed by atoms with van der Waals surface area (Å²) in [5.74, 6) is -0.342. The number of sulfonamides is 1. The summed E-state index contributed by atoms with van der Waals surface area (Å²) in [6.07, 6.45) is -0.00440. The molecule has 2 aromatic carbocycles. The number of nitrogens with two attached hydrogens (primary N) is 1. The summed E-state index contributed by atoms with van der Waals surface area (Å²) in [6, 6.07) is 12.0. The van der Waals surface area contributed by atoms with Crippen molar-refractivity contribution in [2.75, 3.05) is 16.6 Å². The molecular formula is C20H20N4O5S2. The lowest BCUT2D eigenvalue weighted by atomic mass is 10.2. The summed E-state index contributed by atoms with van der Waals surface area (Å²) < 4.78 is 32.9. The average molecular weight is 461 g/mol. The number of hydrogen-bond acceptors (Lipinski definition) is 7. The van der Waals surface area contributed by atoms with Gasteiger partial charge >= 0.3 is 0 Å². The van der Waals surface area contributed by atoms with E-state index in [1.165, 1.54) is 47.7 Å². The number of amides is 2. The van der Waals surface area contributed by atoms with Crippen molar-refractivity contribution in [1.29, 1.82) is 0 Å². The first-order valence-corrected chi connectivity index (χ1v) is 11.5. The maximum Gasteiger partial charge on any atom is 0.261 e. The van der Waals surface area contributed by atoms with Gasteiger partial charge in [0.2, 0.25) is 5.91 Å². The number of rotatable bonds is 9. The van der Waals surface area contributed by atoms with Crippen molar-refractivity contribution in [3.05, 3.63) is 65.2 Å². The number of aromatic nitrogens is 1. The van der Waals surface area contributed by atoms with E-state index in [-0.39, 0.29) is 11.3 Å². The van der Waals surface area contributed by atoms with Crippen LogP contribution in [0.4, 0.5) is 10.8 Å². The Hall–Kier alpha value is -3.44. The molecular weight excluding hydrogens is 440 g/mol. The van der Waals surface area contributed by atoms with Crippen LogP contribution in [0, 0.1) is 0 Å². The van der Waals surface area contributed by atoms with Crippen molar-refractivity contribution in [2.24, 2.45) is 5.73 Å². The van der Waals surface area contributed by atoms with Gasteiger partial charge in [-0.2, -0.15) is 0 Å². The molecule has 0 aliphatic rings. The number of ether oxygens (including phenoxy) is 1. The molecule has 0 saturated heterocycles. The molecule has 31 heavy (non-hydrogen) atoms. The number of thiazole rings is 1. The minimum absolute atomic E-state index is 0.00440. The van der Waals surface area contributed by atoms with Crippen LogP contribution >= 0.6 is 11.3 Å². The van der Waals surface area contributed by atoms with Crippen LogP contribution < -0.4 is 20.5 Å². The van der Waals surface area contributed by atoms with Crippen molar-refractivity contribution in [3.63, 3.8) is 0 Å². The van der Waals surface area contributed by atoms with Crippen LogP contribution in [0.1, 0.15) is 23.0 Å². The Labute approximate surface area is 183 Å². The molecule has 3 aromatic rings. The standard InChI is InChI=1S/C20H20N4O5S2/c1-2-29-16-7-9-17(10-8-16)31(27,28)24-14-5-3-13(4-6-14)19(26)23-20-22-15(12-30-20)11-18(21)25/h3-10,12,24H,2,11H2,1H3,(H2,21,25)(H,22,23,26). The molecule has 1 aromatic heterocycles. The summed E-state index contributed by atoms with van der Waals surface area (Å²) in [5.41, 5.74) is 6.23. The maximum atomic E-state index is 12.5. The van der Waals surface area contributed by atoms with Crippen LogP contribution in [0.2, 0.25) is 0 Å². The molecule has 0 radical (unpaired) electrons. The molecule has 1 heterocycles. The third kappa shape index (κ3) is 6.03. The Bertz CT molecular complexity index is 1170. The van der Waals surface area contributed by atoms with E-state index < -0.39 is 21.8 Å². The molecule has 2 amide bonds. The summed E-state index contributed by atoms with van der Waals surface area (Å²) in [5, 5.41) is 4.60. The molecule has 0 spiro atoms. The molecule has 0 aliphatic heterocycles. The van der Waals surface area contributed by atoms with Crippen LogP contribution in [-0.2, 0) is 21.2 Å². The van der Waals surface area contributed by atoms with E-state index in [1.807, 2.05) is 6.92 Å². The van der Waals surface area contributed by atoms with Gasteiger partial charge in [-0.25, -0.2) is 13.4 Å². The Morgan fingerprint density at radius 1 is 1.10 bits per heavy atom. The first-order valence-electron chi connectivity index (χ1n) is 9.16. The smallest absolute Gasteiger partial charge is 0.261 e. The number of benzene rings is 2. The Morgan fingerprint density at radius 3 is 2.39 bits per heavy atom. The molecule has 0 atom stereocenters. The summed E-state index contributed by atoms with van der Waals surface area (Å²) in [4.78, 5) is 27.5. The van der Waals surface area contributed by atoms with E-state index >= 15 is 0 Å². The minimum atomic E-state index is -3.79. The lowest BCUT2D eigenvalue weighted by molar-refractivity contribution is -0.117. The molecule has 162 valence electrons. The van der Waals surface area contributed by atoms with Gasteiger partial charge in [0, 0.05) is 16.6 Å². The van der Waals surface area contributed by atoms with Gasteiger partial charge in [-0.1, -0.05) is 0 Å². The highest BCUT2D eigenvalue weighted by Gasteiger charge is 2.15. The van der Waals surface area contributed by atoms with Crippen molar-refractivity contribution in [3.8, 4) is 5.75 Å². The predicted octanol–water partition coefficient (Wildman–Crippen LogP) is 2.62. The first kappa shape index (κ1) is 22.2. The SMILES string of the molecule is CCOc1ccc(S(=O)(=O)Nc2ccc(C(=O)Nc3nc(CC(N)=O)cs3)cc2)cc1. The Balaban J connectivity index is 1.64. The first-order chi connectivity index (χ1) is 14.8. The molecule has 0 saturated carbocycles. The summed E-state index contributed by atoms with van der Waals surface area (Å²) in [6.45, 7) is 2.33. The highest BCUT2D eigenvalue weighted by Crippen LogP contribution is 2.21. The lowest BCUT2D eigenvalue weighted by Crippen LogP contribution is -2.15. The second-order valence-corrected chi connectivity index (χ2v) is 8.87. The zero-order chi connectivity index (χ0) is 22.4. The van der Waals surface area contributed by atoms with Gasteiger partial charge < -0.3 is 10.5 Å². The largest absolute Gasteiger partial charge is 0.494 e. The zero-order valence-corrected chi connectivity index (χ0v) is 18.1. The molecule has 0 fully saturated rings. The van der Waals surface area contributed by atoms with E-state index in [1.54, 1.807) is 17.5 Å². The number of hydrogen-bond donors (Lipinski definition) is 3. The molecule has 11 heteroatoms. The third-order valence-corrected chi connectivity index (χ3v) is 6.18. The van der Waals surface area contributed by atoms with Gasteiger partial charge in [-0.15, -0.1) is 11.3 Å². The number of primary amides is 1. The van der Waals surface area contributed by atoms with E-state index in [0.717, 1.165) is 0 Å². The minimum Gasteiger partial charge on any atom is -0.494 e. The molecule has 9 nitrogen and oxygen atoms in total. The highest BCUT2D eigenvalue weighted by molar-refractivity contribution is 7.92. The quantitative estimate of drug-likeness (QED) is 0.448. The average Bonchev–Trinajstić information content (AvgIpc) is 3.15. The van der Waals surface area contributed by atoms with E-state index in [0.29, 0.717) is 34.4 Å². The summed E-state index contributed by atoms with van der Waals surface area (Å²) >= 11 is 1.18. The monoisotopic (exact) mass is 460 g/mol. The molecule has 3 rings (SSSR count). The van der Waals surface area contributed by atoms with Gasteiger partial charge in [0.05, 0.1) is 23.6 Å². The molecule has 0 unspecified atom stereocenters. The number of nitrogens with zero attached hydrogens (tertiary/aromatic N) is 1. The number of carbonyl (C=O) groups excluding carboxylic acids is 2. The summed E-state index contributed by atoms with van der Waals surface area (Å²) in [7, 11) is -3.79. The van der Waals surface area contributed by atoms with E-state index in [2.05, 4.69) is 15.0 Å². The van der Waals surface area contributed by atoms with Crippen LogP contribution in [-0.4, -0.2) is 31.8 Å². The lowest BCUT2D eigenvalue weighted by Gasteiger charge is -2.10. The van der Waals surface area contributed by atoms with Gasteiger partial charge in [-0.3, -0.25) is 19.6 Å². The van der Waals surface area contributed by atoms with Crippen LogP contribution in [0.25, 0.3) is 0 Å². The van der Waals surface area contributed by atoms with Crippen molar-refractivity contribution in [2.45, 2.75) is 18.2 Å². The van der Waals surface area contributed by atoms with Crippen LogP contribution in [0.5, 0.6) is 5.75 Å². The Kier molecular flexibility index (Phi) is 6.88. The number of nitrogens with one attached hydrogen (secondary N) is 2. The van der Waals surface area contributed by atoms with Gasteiger partial charge in [0.25, 0.3) is 15.9 Å². The van der Waals surface area contributed by atoms with Crippen LogP contribution in [0.15, 0.2) is 58.8 Å².